The third kappa shape index (κ3) is 3.16. The Morgan fingerprint density at radius 2 is 2.00 bits per heavy atom. The number of benzene rings is 1. The molecule has 2 aliphatic rings. The minimum absolute atomic E-state index is 0.307. The molecule has 1 saturated heterocycles. The van der Waals surface area contributed by atoms with Crippen LogP contribution in [0, 0.1) is 5.41 Å². The smallest absolute Gasteiger partial charge is 0.257 e. The van der Waals surface area contributed by atoms with Gasteiger partial charge in [0, 0.05) is 40.2 Å². The summed E-state index contributed by atoms with van der Waals surface area (Å²) in [5.41, 5.74) is 1.42. The number of ether oxygens (including phenoxy) is 3. The van der Waals surface area contributed by atoms with Gasteiger partial charge in [0.15, 0.2) is 0 Å². The van der Waals surface area contributed by atoms with Crippen LogP contribution in [0.5, 0.6) is 11.5 Å². The molecule has 0 bridgehead atoms. The molecule has 3 aromatic rings. The molecule has 1 aromatic carbocycles. The lowest BCUT2D eigenvalue weighted by atomic mass is 9.64. The average molecular weight is 429 g/mol. The number of fused-ring (bicyclic) bond motifs is 1. The molecule has 9 heteroatoms. The van der Waals surface area contributed by atoms with Gasteiger partial charge in [0.25, 0.3) is 5.56 Å². The SMILES string of the molecule is COc1cc(OC)c(Cl)c(-c2cc3cnc(NC4CC5(COC5)C4)nc3[nH]c2=O)c1. The van der Waals surface area contributed by atoms with Crippen molar-refractivity contribution in [3.8, 4) is 22.6 Å². The molecule has 0 unspecified atom stereocenters. The van der Waals surface area contributed by atoms with Crippen LogP contribution in [0.2, 0.25) is 5.02 Å². The highest BCUT2D eigenvalue weighted by atomic mass is 35.5. The molecule has 30 heavy (non-hydrogen) atoms. The Bertz CT molecular complexity index is 1180. The molecule has 3 heterocycles. The normalized spacial score (nSPS) is 17.4. The first-order valence-corrected chi connectivity index (χ1v) is 10.0. The summed E-state index contributed by atoms with van der Waals surface area (Å²) in [6.45, 7) is 1.69. The Kier molecular flexibility index (Phi) is 4.56. The summed E-state index contributed by atoms with van der Waals surface area (Å²) in [5.74, 6) is 1.47. The fourth-order valence-corrected chi connectivity index (χ4v) is 4.48. The number of hydrogen-bond donors (Lipinski definition) is 2. The lowest BCUT2D eigenvalue weighted by Crippen LogP contribution is -2.56. The van der Waals surface area contributed by atoms with Gasteiger partial charge in [-0.3, -0.25) is 4.79 Å². The van der Waals surface area contributed by atoms with E-state index < -0.39 is 0 Å². The molecule has 2 fully saturated rings. The predicted octanol–water partition coefficient (Wildman–Crippen LogP) is 3.25. The molecule has 8 nitrogen and oxygen atoms in total. The van der Waals surface area contributed by atoms with Crippen LogP contribution in [-0.4, -0.2) is 48.4 Å². The van der Waals surface area contributed by atoms with Crippen molar-refractivity contribution in [2.24, 2.45) is 5.41 Å². The molecule has 1 aliphatic heterocycles. The molecule has 0 radical (unpaired) electrons. The molecule has 1 saturated carbocycles. The second kappa shape index (κ2) is 7.14. The van der Waals surface area contributed by atoms with Crippen molar-refractivity contribution in [3.63, 3.8) is 0 Å². The number of hydrogen-bond acceptors (Lipinski definition) is 7. The van der Waals surface area contributed by atoms with Crippen molar-refractivity contribution in [1.29, 1.82) is 0 Å². The first-order valence-electron chi connectivity index (χ1n) is 9.66. The van der Waals surface area contributed by atoms with Gasteiger partial charge in [0.2, 0.25) is 5.95 Å². The van der Waals surface area contributed by atoms with Crippen molar-refractivity contribution in [2.75, 3.05) is 32.8 Å². The van der Waals surface area contributed by atoms with Gasteiger partial charge in [0.1, 0.15) is 17.1 Å². The zero-order valence-electron chi connectivity index (χ0n) is 16.6. The van der Waals surface area contributed by atoms with Crippen molar-refractivity contribution < 1.29 is 14.2 Å². The molecule has 1 spiro atoms. The Balaban J connectivity index is 1.47. The molecular formula is C21H21ClN4O4. The van der Waals surface area contributed by atoms with Crippen LogP contribution < -0.4 is 20.3 Å². The minimum atomic E-state index is -0.307. The van der Waals surface area contributed by atoms with E-state index in [1.807, 2.05) is 0 Å². The van der Waals surface area contributed by atoms with E-state index in [2.05, 4.69) is 20.3 Å². The van der Waals surface area contributed by atoms with Crippen LogP contribution in [0.3, 0.4) is 0 Å². The number of nitrogens with one attached hydrogen (secondary N) is 2. The summed E-state index contributed by atoms with van der Waals surface area (Å²) < 4.78 is 15.9. The van der Waals surface area contributed by atoms with E-state index in [-0.39, 0.29) is 5.56 Å². The number of rotatable bonds is 5. The highest BCUT2D eigenvalue weighted by molar-refractivity contribution is 6.35. The maximum atomic E-state index is 12.8. The van der Waals surface area contributed by atoms with Crippen molar-refractivity contribution >= 4 is 28.6 Å². The number of nitrogens with zero attached hydrogens (tertiary/aromatic N) is 2. The summed E-state index contributed by atoms with van der Waals surface area (Å²) in [6.07, 6.45) is 3.80. The highest BCUT2D eigenvalue weighted by Gasteiger charge is 2.49. The van der Waals surface area contributed by atoms with E-state index >= 15 is 0 Å². The van der Waals surface area contributed by atoms with Crippen LogP contribution in [0.4, 0.5) is 5.95 Å². The van der Waals surface area contributed by atoms with Gasteiger partial charge in [-0.2, -0.15) is 4.98 Å². The molecule has 1 aliphatic carbocycles. The fourth-order valence-electron chi connectivity index (χ4n) is 4.19. The zero-order chi connectivity index (χ0) is 20.9. The monoisotopic (exact) mass is 428 g/mol. The van der Waals surface area contributed by atoms with E-state index in [0.29, 0.717) is 56.1 Å². The Morgan fingerprint density at radius 3 is 2.67 bits per heavy atom. The molecule has 0 atom stereocenters. The van der Waals surface area contributed by atoms with Crippen LogP contribution in [0.1, 0.15) is 12.8 Å². The van der Waals surface area contributed by atoms with E-state index in [4.69, 9.17) is 25.8 Å². The maximum Gasteiger partial charge on any atom is 0.257 e. The molecule has 0 amide bonds. The summed E-state index contributed by atoms with van der Waals surface area (Å²) in [6, 6.07) is 5.43. The van der Waals surface area contributed by atoms with Gasteiger partial charge in [-0.1, -0.05) is 11.6 Å². The van der Waals surface area contributed by atoms with Gasteiger partial charge >= 0.3 is 0 Å². The number of H-pyrrole nitrogens is 1. The third-order valence-corrected chi connectivity index (χ3v) is 6.25. The Labute approximate surface area is 177 Å². The summed E-state index contributed by atoms with van der Waals surface area (Å²) in [5, 5.41) is 4.38. The van der Waals surface area contributed by atoms with Crippen molar-refractivity contribution in [3.05, 3.63) is 39.8 Å². The lowest BCUT2D eigenvalue weighted by molar-refractivity contribution is -0.159. The number of aromatic amines is 1. The average Bonchev–Trinajstić information content (AvgIpc) is 2.68. The number of methoxy groups -OCH3 is 2. The largest absolute Gasteiger partial charge is 0.497 e. The first kappa shape index (κ1) is 19.1. The van der Waals surface area contributed by atoms with E-state index in [0.717, 1.165) is 26.1 Å². The standard InChI is InChI=1S/C21H21ClN4O4/c1-28-13-4-14(17(22)16(5-13)29-2)15-3-11-8-23-20(26-18(11)25-19(15)27)24-12-6-21(7-12)9-30-10-21/h3-5,8,12H,6-7,9-10H2,1-2H3,(H2,23,24,25,26,27). The fraction of sp³-hybridized carbons (Fsp3) is 0.381. The van der Waals surface area contributed by atoms with Crippen LogP contribution in [-0.2, 0) is 4.74 Å². The highest BCUT2D eigenvalue weighted by Crippen LogP contribution is 2.47. The maximum absolute atomic E-state index is 12.8. The second-order valence-electron chi connectivity index (χ2n) is 7.94. The molecule has 156 valence electrons. The summed E-state index contributed by atoms with van der Waals surface area (Å²) >= 11 is 6.46. The van der Waals surface area contributed by atoms with Gasteiger partial charge < -0.3 is 24.5 Å². The summed E-state index contributed by atoms with van der Waals surface area (Å²) in [4.78, 5) is 24.6. The van der Waals surface area contributed by atoms with E-state index in [1.54, 1.807) is 31.5 Å². The Morgan fingerprint density at radius 1 is 1.20 bits per heavy atom. The number of anilines is 1. The van der Waals surface area contributed by atoms with Gasteiger partial charge in [-0.25, -0.2) is 4.98 Å². The van der Waals surface area contributed by atoms with E-state index in [9.17, 15) is 4.79 Å². The van der Waals surface area contributed by atoms with Crippen LogP contribution in [0.15, 0.2) is 29.2 Å². The predicted molar refractivity (Wildman–Crippen MR) is 114 cm³/mol. The number of halogens is 1. The quantitative estimate of drug-likeness (QED) is 0.643. The second-order valence-corrected chi connectivity index (χ2v) is 8.32. The topological polar surface area (TPSA) is 98.4 Å². The Hall–Kier alpha value is -2.84. The van der Waals surface area contributed by atoms with E-state index in [1.165, 1.54) is 7.11 Å². The van der Waals surface area contributed by atoms with Crippen LogP contribution >= 0.6 is 11.6 Å². The van der Waals surface area contributed by atoms with Crippen LogP contribution in [0.25, 0.3) is 22.2 Å². The van der Waals surface area contributed by atoms with Crippen molar-refractivity contribution in [1.82, 2.24) is 15.0 Å². The molecule has 2 N–H and O–H groups in total. The molecular weight excluding hydrogens is 408 g/mol. The van der Waals surface area contributed by atoms with Gasteiger partial charge in [-0.15, -0.1) is 0 Å². The summed E-state index contributed by atoms with van der Waals surface area (Å²) in [7, 11) is 3.06. The third-order valence-electron chi connectivity index (χ3n) is 5.86. The van der Waals surface area contributed by atoms with Gasteiger partial charge in [-0.05, 0) is 25.0 Å². The number of pyridine rings is 1. The van der Waals surface area contributed by atoms with Crippen molar-refractivity contribution in [2.45, 2.75) is 18.9 Å². The van der Waals surface area contributed by atoms with Gasteiger partial charge in [0.05, 0.1) is 32.5 Å². The molecule has 5 rings (SSSR count). The minimum Gasteiger partial charge on any atom is -0.497 e. The lowest BCUT2D eigenvalue weighted by Gasteiger charge is -2.53. The molecule has 2 aromatic heterocycles. The first-order chi connectivity index (χ1) is 14.5. The number of aromatic nitrogens is 3. The zero-order valence-corrected chi connectivity index (χ0v) is 17.4.